The molecule has 10 heteroatoms. The first kappa shape index (κ1) is 23.1. The van der Waals surface area contributed by atoms with E-state index >= 15 is 0 Å². The molecule has 5 nitrogen and oxygen atoms in total. The number of guanidine groups is 1. The Labute approximate surface area is 184 Å². The molecular formula is C21H21AsF4N3O2. The summed E-state index contributed by atoms with van der Waals surface area (Å²) < 4.78 is 58.3. The standard InChI is InChI=1S/C21H21AsF4N3O2/c1-19(2)17(30)29(4)18(27)28-20(19,3)13-11-12(9-10-15(13)23)22-14-7-5-6-8-16(14)31-21(24,25)26/h5-11H,1-4H3,(H2,27,28). The molecule has 0 saturated heterocycles. The van der Waals surface area contributed by atoms with Crippen molar-refractivity contribution in [2.75, 3.05) is 7.05 Å². The van der Waals surface area contributed by atoms with Crippen LogP contribution in [-0.4, -0.2) is 45.9 Å². The van der Waals surface area contributed by atoms with Gasteiger partial charge in [0.05, 0.1) is 0 Å². The number of nitrogens with zero attached hydrogens (tertiary/aromatic N) is 2. The molecule has 31 heavy (non-hydrogen) atoms. The summed E-state index contributed by atoms with van der Waals surface area (Å²) in [6.07, 6.45) is -4.82. The topological polar surface area (TPSA) is 67.9 Å². The number of para-hydroxylation sites is 1. The first-order valence-electron chi connectivity index (χ1n) is 9.26. The van der Waals surface area contributed by atoms with Gasteiger partial charge in [-0.05, 0) is 0 Å². The Morgan fingerprint density at radius 3 is 2.42 bits per heavy atom. The molecule has 3 rings (SSSR count). The number of halogens is 4. The Bertz CT molecular complexity index is 1060. The molecule has 1 heterocycles. The van der Waals surface area contributed by atoms with Gasteiger partial charge in [-0.2, -0.15) is 0 Å². The van der Waals surface area contributed by atoms with Crippen molar-refractivity contribution in [1.82, 2.24) is 4.90 Å². The van der Waals surface area contributed by atoms with E-state index in [1.54, 1.807) is 39.0 Å². The fourth-order valence-electron chi connectivity index (χ4n) is 3.43. The Kier molecular flexibility index (Phi) is 5.86. The molecule has 1 unspecified atom stereocenters. The van der Waals surface area contributed by atoms with E-state index in [0.717, 1.165) is 0 Å². The zero-order valence-corrected chi connectivity index (χ0v) is 19.2. The number of benzene rings is 2. The average Bonchev–Trinajstić information content (AvgIpc) is 2.67. The number of nitrogens with two attached hydrogens (primary N) is 1. The van der Waals surface area contributed by atoms with Crippen molar-refractivity contribution < 1.29 is 27.1 Å². The zero-order chi connectivity index (χ0) is 23.2. The molecule has 1 aliphatic rings. The van der Waals surface area contributed by atoms with Crippen LogP contribution in [0.4, 0.5) is 17.6 Å². The van der Waals surface area contributed by atoms with Gasteiger partial charge in [0.25, 0.3) is 0 Å². The number of hydrogen-bond acceptors (Lipinski definition) is 4. The van der Waals surface area contributed by atoms with Crippen molar-refractivity contribution in [3.05, 3.63) is 53.8 Å². The molecule has 165 valence electrons. The quantitative estimate of drug-likeness (QED) is 0.520. The zero-order valence-electron chi connectivity index (χ0n) is 17.3. The van der Waals surface area contributed by atoms with E-state index < -0.39 is 38.9 Å². The Balaban J connectivity index is 2.06. The van der Waals surface area contributed by atoms with Gasteiger partial charge >= 0.3 is 184 Å². The summed E-state index contributed by atoms with van der Waals surface area (Å²) in [6.45, 7) is 4.95. The number of alkyl halides is 3. The van der Waals surface area contributed by atoms with Crippen LogP contribution in [0.25, 0.3) is 0 Å². The predicted molar refractivity (Wildman–Crippen MR) is 110 cm³/mol. The van der Waals surface area contributed by atoms with E-state index in [0.29, 0.717) is 8.70 Å². The molecule has 1 aliphatic heterocycles. The molecule has 2 aromatic carbocycles. The van der Waals surface area contributed by atoms with Crippen LogP contribution in [-0.2, 0) is 10.3 Å². The van der Waals surface area contributed by atoms with Gasteiger partial charge in [0.2, 0.25) is 0 Å². The molecule has 0 fully saturated rings. The summed E-state index contributed by atoms with van der Waals surface area (Å²) in [7, 11) is 1.50. The first-order valence-corrected chi connectivity index (χ1v) is 11.1. The third-order valence-corrected chi connectivity index (χ3v) is 7.96. The second-order valence-electron chi connectivity index (χ2n) is 7.82. The monoisotopic (exact) mass is 498 g/mol. The van der Waals surface area contributed by atoms with Crippen LogP contribution in [0.3, 0.4) is 0 Å². The number of hydrogen-bond donors (Lipinski definition) is 1. The number of amides is 1. The van der Waals surface area contributed by atoms with Crippen LogP contribution in [0.5, 0.6) is 5.75 Å². The Morgan fingerprint density at radius 2 is 1.77 bits per heavy atom. The molecule has 1 amide bonds. The van der Waals surface area contributed by atoms with Crippen molar-refractivity contribution >= 4 is 36.3 Å². The molecule has 0 saturated carbocycles. The molecule has 0 aliphatic carbocycles. The fourth-order valence-corrected chi connectivity index (χ4v) is 5.55. The fraction of sp³-hybridized carbons (Fsp3) is 0.333. The van der Waals surface area contributed by atoms with Crippen LogP contribution in [0, 0.1) is 11.2 Å². The van der Waals surface area contributed by atoms with Crippen LogP contribution >= 0.6 is 0 Å². The van der Waals surface area contributed by atoms with Crippen LogP contribution in [0.1, 0.15) is 26.3 Å². The van der Waals surface area contributed by atoms with E-state index in [1.165, 1.54) is 36.2 Å². The normalized spacial score (nSPS) is 21.5. The Morgan fingerprint density at radius 1 is 1.13 bits per heavy atom. The summed E-state index contributed by atoms with van der Waals surface area (Å²) in [5.41, 5.74) is 3.65. The molecule has 2 aromatic rings. The second-order valence-corrected chi connectivity index (χ2v) is 10.4. The van der Waals surface area contributed by atoms with E-state index in [4.69, 9.17) is 5.73 Å². The second kappa shape index (κ2) is 7.86. The van der Waals surface area contributed by atoms with E-state index in [1.807, 2.05) is 0 Å². The van der Waals surface area contributed by atoms with E-state index in [-0.39, 0.29) is 23.2 Å². The molecular weight excluding hydrogens is 477 g/mol. The van der Waals surface area contributed by atoms with Crippen molar-refractivity contribution in [2.24, 2.45) is 16.1 Å². The van der Waals surface area contributed by atoms with Crippen molar-refractivity contribution in [1.29, 1.82) is 0 Å². The average molecular weight is 498 g/mol. The van der Waals surface area contributed by atoms with Gasteiger partial charge in [-0.3, -0.25) is 0 Å². The minimum atomic E-state index is -4.82. The number of carbonyl (C=O) groups is 1. The summed E-state index contributed by atoms with van der Waals surface area (Å²) in [5, 5.41) is 0. The number of carbonyl (C=O) groups excluding carboxylic acids is 1. The van der Waals surface area contributed by atoms with Crippen molar-refractivity contribution in [2.45, 2.75) is 32.7 Å². The molecule has 0 spiro atoms. The Hall–Kier alpha value is -2.54. The van der Waals surface area contributed by atoms with Crippen LogP contribution in [0.2, 0.25) is 0 Å². The molecule has 0 aromatic heterocycles. The van der Waals surface area contributed by atoms with Gasteiger partial charge in [0.15, 0.2) is 0 Å². The van der Waals surface area contributed by atoms with Gasteiger partial charge in [0.1, 0.15) is 0 Å². The molecule has 1 radical (unpaired) electrons. The predicted octanol–water partition coefficient (Wildman–Crippen LogP) is 2.41. The summed E-state index contributed by atoms with van der Waals surface area (Å²) in [6, 6.07) is 10.2. The maximum absolute atomic E-state index is 14.9. The summed E-state index contributed by atoms with van der Waals surface area (Å²) in [4.78, 5) is 18.5. The van der Waals surface area contributed by atoms with Crippen LogP contribution < -0.4 is 19.2 Å². The van der Waals surface area contributed by atoms with E-state index in [9.17, 15) is 22.4 Å². The minimum absolute atomic E-state index is 0.0335. The van der Waals surface area contributed by atoms with Gasteiger partial charge in [-0.15, -0.1) is 0 Å². The third-order valence-electron chi connectivity index (χ3n) is 5.55. The number of aliphatic imine (C=N–C) groups is 1. The summed E-state index contributed by atoms with van der Waals surface area (Å²) in [5.74, 6) is -1.21. The molecule has 1 atom stereocenters. The van der Waals surface area contributed by atoms with Crippen molar-refractivity contribution in [3.8, 4) is 5.75 Å². The SMILES string of the molecule is CN1C(=O)C(C)(C)C(C)(c2cc([As]c3ccccc3OC(F)(F)F)ccc2F)N=C1N. The van der Waals surface area contributed by atoms with E-state index in [2.05, 4.69) is 9.73 Å². The number of rotatable bonds is 4. The van der Waals surface area contributed by atoms with Gasteiger partial charge < -0.3 is 0 Å². The maximum atomic E-state index is 14.9. The summed E-state index contributed by atoms with van der Waals surface area (Å²) >= 11 is -0.973. The van der Waals surface area contributed by atoms with Gasteiger partial charge in [-0.1, -0.05) is 0 Å². The third kappa shape index (κ3) is 4.28. The van der Waals surface area contributed by atoms with Crippen molar-refractivity contribution in [3.63, 3.8) is 0 Å². The molecule has 2 N–H and O–H groups in total. The van der Waals surface area contributed by atoms with Gasteiger partial charge in [-0.25, -0.2) is 0 Å². The van der Waals surface area contributed by atoms with Gasteiger partial charge in [0, 0.05) is 0 Å². The number of ether oxygens (including phenoxy) is 1. The first-order chi connectivity index (χ1) is 14.3. The van der Waals surface area contributed by atoms with Crippen LogP contribution in [0.15, 0.2) is 47.5 Å². The molecule has 0 bridgehead atoms.